The molecule has 1 aliphatic rings. The lowest BCUT2D eigenvalue weighted by atomic mass is 9.98. The molecule has 1 amide bonds. The van der Waals surface area contributed by atoms with Gasteiger partial charge in [-0.2, -0.15) is 0 Å². The summed E-state index contributed by atoms with van der Waals surface area (Å²) >= 11 is 0. The van der Waals surface area contributed by atoms with Crippen molar-refractivity contribution in [1.29, 1.82) is 0 Å². The topological polar surface area (TPSA) is 63.2 Å². The summed E-state index contributed by atoms with van der Waals surface area (Å²) in [5, 5.41) is 2.84. The minimum atomic E-state index is -0.400. The number of amides is 1. The number of hydrogen-bond donors (Lipinski definition) is 1. The Kier molecular flexibility index (Phi) is 4.53. The van der Waals surface area contributed by atoms with Crippen molar-refractivity contribution in [3.05, 3.63) is 125 Å². The van der Waals surface area contributed by atoms with E-state index in [0.717, 1.165) is 11.1 Å². The van der Waals surface area contributed by atoms with Crippen molar-refractivity contribution in [3.63, 3.8) is 0 Å². The number of benzene rings is 4. The zero-order valence-electron chi connectivity index (χ0n) is 16.5. The van der Waals surface area contributed by atoms with Crippen LogP contribution in [-0.2, 0) is 0 Å². The third kappa shape index (κ3) is 3.24. The number of hydrogen-bond acceptors (Lipinski definition) is 3. The van der Waals surface area contributed by atoms with Gasteiger partial charge >= 0.3 is 0 Å². The maximum absolute atomic E-state index is 13.0. The first-order valence-electron chi connectivity index (χ1n) is 9.92. The molecule has 0 spiro atoms. The van der Waals surface area contributed by atoms with Crippen LogP contribution >= 0.6 is 0 Å². The van der Waals surface area contributed by atoms with Crippen LogP contribution in [0, 0.1) is 0 Å². The Morgan fingerprint density at radius 2 is 1.19 bits per heavy atom. The number of anilines is 1. The van der Waals surface area contributed by atoms with Crippen LogP contribution in [0.4, 0.5) is 5.69 Å². The van der Waals surface area contributed by atoms with Crippen molar-refractivity contribution in [3.8, 4) is 11.1 Å². The van der Waals surface area contributed by atoms with Crippen molar-refractivity contribution in [2.75, 3.05) is 5.32 Å². The van der Waals surface area contributed by atoms with Crippen LogP contribution < -0.4 is 5.32 Å². The molecular formula is C27H17NO3. The third-order valence-electron chi connectivity index (χ3n) is 5.44. The van der Waals surface area contributed by atoms with E-state index < -0.39 is 5.91 Å². The Morgan fingerprint density at radius 3 is 1.97 bits per heavy atom. The average Bonchev–Trinajstić information content (AvgIpc) is 3.11. The molecule has 0 heterocycles. The number of ketones is 2. The largest absolute Gasteiger partial charge is 0.322 e. The van der Waals surface area contributed by atoms with E-state index in [9.17, 15) is 14.4 Å². The van der Waals surface area contributed by atoms with Gasteiger partial charge in [-0.3, -0.25) is 14.4 Å². The highest BCUT2D eigenvalue weighted by molar-refractivity contribution is 6.22. The molecule has 5 rings (SSSR count). The number of nitrogens with one attached hydrogen (secondary N) is 1. The highest BCUT2D eigenvalue weighted by Gasteiger charge is 2.26. The van der Waals surface area contributed by atoms with E-state index in [1.54, 1.807) is 66.7 Å². The van der Waals surface area contributed by atoms with Gasteiger partial charge < -0.3 is 5.32 Å². The van der Waals surface area contributed by atoms with Gasteiger partial charge in [0, 0.05) is 27.9 Å². The van der Waals surface area contributed by atoms with Crippen molar-refractivity contribution < 1.29 is 14.4 Å². The van der Waals surface area contributed by atoms with E-state index in [0.29, 0.717) is 27.9 Å². The molecule has 1 aliphatic carbocycles. The van der Waals surface area contributed by atoms with Crippen LogP contribution in [0.5, 0.6) is 0 Å². The standard InChI is InChI=1S/C27H17NO3/c29-25(17-8-2-1-3-9-17)22-12-6-7-13-23(22)27(31)28-18-14-15-20-19-10-4-5-11-21(19)26(30)24(20)16-18/h1-16H,(H,28,31). The molecule has 0 aliphatic heterocycles. The van der Waals surface area contributed by atoms with E-state index in [1.807, 2.05) is 30.3 Å². The first-order valence-corrected chi connectivity index (χ1v) is 9.92. The molecular weight excluding hydrogens is 386 g/mol. The summed E-state index contributed by atoms with van der Waals surface area (Å²) in [6.07, 6.45) is 0. The Balaban J connectivity index is 1.45. The molecule has 0 unspecified atom stereocenters. The molecule has 1 N–H and O–H groups in total. The second kappa shape index (κ2) is 7.50. The second-order valence-electron chi connectivity index (χ2n) is 7.33. The van der Waals surface area contributed by atoms with Crippen LogP contribution in [0.15, 0.2) is 97.1 Å². The number of carbonyl (C=O) groups is 3. The molecule has 4 aromatic rings. The van der Waals surface area contributed by atoms with E-state index in [-0.39, 0.29) is 17.1 Å². The zero-order valence-corrected chi connectivity index (χ0v) is 16.5. The minimum absolute atomic E-state index is 0.0543. The second-order valence-corrected chi connectivity index (χ2v) is 7.33. The van der Waals surface area contributed by atoms with Gasteiger partial charge in [-0.25, -0.2) is 0 Å². The molecule has 0 saturated heterocycles. The molecule has 0 atom stereocenters. The fraction of sp³-hybridized carbons (Fsp3) is 0. The van der Waals surface area contributed by atoms with E-state index in [4.69, 9.17) is 0 Å². The Morgan fingerprint density at radius 1 is 0.581 bits per heavy atom. The van der Waals surface area contributed by atoms with E-state index >= 15 is 0 Å². The van der Waals surface area contributed by atoms with Gasteiger partial charge in [-0.15, -0.1) is 0 Å². The average molecular weight is 403 g/mol. The van der Waals surface area contributed by atoms with Gasteiger partial charge in [0.25, 0.3) is 5.91 Å². The smallest absolute Gasteiger partial charge is 0.256 e. The van der Waals surface area contributed by atoms with Crippen molar-refractivity contribution in [2.45, 2.75) is 0 Å². The third-order valence-corrected chi connectivity index (χ3v) is 5.44. The molecule has 0 radical (unpaired) electrons. The molecule has 0 aromatic heterocycles. The first-order chi connectivity index (χ1) is 15.1. The summed E-state index contributed by atoms with van der Waals surface area (Å²) in [5.41, 5.74) is 4.63. The number of carbonyl (C=O) groups excluding carboxylic acids is 3. The summed E-state index contributed by atoms with van der Waals surface area (Å²) < 4.78 is 0. The Bertz CT molecular complexity index is 1360. The van der Waals surface area contributed by atoms with Crippen LogP contribution in [0.1, 0.15) is 42.2 Å². The fourth-order valence-corrected chi connectivity index (χ4v) is 3.93. The monoisotopic (exact) mass is 403 g/mol. The molecule has 148 valence electrons. The highest BCUT2D eigenvalue weighted by atomic mass is 16.2. The maximum atomic E-state index is 13.0. The zero-order chi connectivity index (χ0) is 21.4. The molecule has 0 saturated carbocycles. The molecule has 4 heteroatoms. The van der Waals surface area contributed by atoms with Gasteiger partial charge in [0.1, 0.15) is 0 Å². The number of rotatable bonds is 4. The molecule has 4 aromatic carbocycles. The van der Waals surface area contributed by atoms with Crippen molar-refractivity contribution in [1.82, 2.24) is 0 Å². The Hall–Kier alpha value is -4.31. The van der Waals surface area contributed by atoms with Crippen molar-refractivity contribution in [2.24, 2.45) is 0 Å². The summed E-state index contributed by atoms with van der Waals surface area (Å²) in [7, 11) is 0. The van der Waals surface area contributed by atoms with Gasteiger partial charge in [-0.05, 0) is 29.3 Å². The summed E-state index contributed by atoms with van der Waals surface area (Å²) in [4.78, 5) is 38.7. The lowest BCUT2D eigenvalue weighted by Gasteiger charge is -2.11. The van der Waals surface area contributed by atoms with Crippen molar-refractivity contribution >= 4 is 23.2 Å². The quantitative estimate of drug-likeness (QED) is 0.410. The molecule has 0 fully saturated rings. The van der Waals surface area contributed by atoms with Crippen LogP contribution in [0.25, 0.3) is 11.1 Å². The van der Waals surface area contributed by atoms with Crippen LogP contribution in [-0.4, -0.2) is 17.5 Å². The SMILES string of the molecule is O=C(Nc1ccc2c(c1)C(=O)c1ccccc1-2)c1ccccc1C(=O)c1ccccc1. The predicted molar refractivity (Wildman–Crippen MR) is 120 cm³/mol. The van der Waals surface area contributed by atoms with Crippen LogP contribution in [0.3, 0.4) is 0 Å². The van der Waals surface area contributed by atoms with Gasteiger partial charge in [0.15, 0.2) is 11.6 Å². The molecule has 0 bridgehead atoms. The summed E-state index contributed by atoms with van der Waals surface area (Å²) in [6, 6.07) is 28.4. The highest BCUT2D eigenvalue weighted by Crippen LogP contribution is 2.37. The fourth-order valence-electron chi connectivity index (χ4n) is 3.93. The maximum Gasteiger partial charge on any atom is 0.256 e. The van der Waals surface area contributed by atoms with Gasteiger partial charge in [0.2, 0.25) is 0 Å². The summed E-state index contributed by atoms with van der Waals surface area (Å²) in [6.45, 7) is 0. The van der Waals surface area contributed by atoms with Gasteiger partial charge in [0.05, 0.1) is 5.56 Å². The summed E-state index contributed by atoms with van der Waals surface area (Å²) in [5.74, 6) is -0.671. The molecule has 4 nitrogen and oxygen atoms in total. The van der Waals surface area contributed by atoms with Gasteiger partial charge in [-0.1, -0.05) is 78.9 Å². The number of fused-ring (bicyclic) bond motifs is 3. The van der Waals surface area contributed by atoms with Crippen LogP contribution in [0.2, 0.25) is 0 Å². The first kappa shape index (κ1) is 18.7. The minimum Gasteiger partial charge on any atom is -0.322 e. The predicted octanol–water partition coefficient (Wildman–Crippen LogP) is 5.38. The van der Waals surface area contributed by atoms with E-state index in [2.05, 4.69) is 5.32 Å². The normalized spacial score (nSPS) is 11.5. The Labute approximate surface area is 179 Å². The molecule has 31 heavy (non-hydrogen) atoms. The lowest BCUT2D eigenvalue weighted by molar-refractivity contribution is 0.0996. The van der Waals surface area contributed by atoms with E-state index in [1.165, 1.54) is 0 Å². The lowest BCUT2D eigenvalue weighted by Crippen LogP contribution is -2.17.